The lowest BCUT2D eigenvalue weighted by molar-refractivity contribution is -0.110. The fourth-order valence-electron chi connectivity index (χ4n) is 0.767. The Labute approximate surface area is 62.2 Å². The van der Waals surface area contributed by atoms with Crippen LogP contribution < -0.4 is 0 Å². The van der Waals surface area contributed by atoms with Crippen LogP contribution in [0.4, 0.5) is 4.79 Å². The van der Waals surface area contributed by atoms with E-state index < -0.39 is 12.1 Å². The standard InChI is InChI=1S/C5H7NO3S/c7-1-4-2-10-3-6(4)5(8)9/h1,4H,2-3H2,(H,8,9). The van der Waals surface area contributed by atoms with Gasteiger partial charge >= 0.3 is 6.09 Å². The molecule has 1 aliphatic heterocycles. The first kappa shape index (κ1) is 7.40. The minimum Gasteiger partial charge on any atom is -0.465 e. The largest absolute Gasteiger partial charge is 0.465 e. The third kappa shape index (κ3) is 1.23. The first-order chi connectivity index (χ1) is 4.75. The lowest BCUT2D eigenvalue weighted by atomic mass is 10.3. The molecule has 1 aliphatic rings. The van der Waals surface area contributed by atoms with Crippen molar-refractivity contribution >= 4 is 24.1 Å². The molecule has 0 aromatic rings. The summed E-state index contributed by atoms with van der Waals surface area (Å²) in [5, 5.41) is 8.47. The zero-order valence-electron chi connectivity index (χ0n) is 5.19. The smallest absolute Gasteiger partial charge is 0.408 e. The van der Waals surface area contributed by atoms with Gasteiger partial charge in [0.05, 0.1) is 5.88 Å². The van der Waals surface area contributed by atoms with Crippen LogP contribution in [0, 0.1) is 0 Å². The Balaban J connectivity index is 2.58. The maximum Gasteiger partial charge on any atom is 0.408 e. The van der Waals surface area contributed by atoms with E-state index in [9.17, 15) is 9.59 Å². The molecule has 56 valence electrons. The Kier molecular flexibility index (Phi) is 2.16. The second-order valence-electron chi connectivity index (χ2n) is 1.96. The topological polar surface area (TPSA) is 57.6 Å². The third-order valence-corrected chi connectivity index (χ3v) is 2.36. The van der Waals surface area contributed by atoms with Crippen LogP contribution in [0.25, 0.3) is 0 Å². The molecule has 1 rings (SSSR count). The van der Waals surface area contributed by atoms with Crippen molar-refractivity contribution in [1.29, 1.82) is 0 Å². The Bertz CT molecular complexity index is 161. The van der Waals surface area contributed by atoms with Gasteiger partial charge in [-0.25, -0.2) is 4.79 Å². The highest BCUT2D eigenvalue weighted by Gasteiger charge is 2.28. The second kappa shape index (κ2) is 2.92. The predicted octanol–water partition coefficient (Wildman–Crippen LogP) is 0.238. The highest BCUT2D eigenvalue weighted by Crippen LogP contribution is 2.18. The zero-order valence-corrected chi connectivity index (χ0v) is 6.00. The fourth-order valence-corrected chi connectivity index (χ4v) is 1.87. The van der Waals surface area contributed by atoms with E-state index in [0.29, 0.717) is 17.9 Å². The van der Waals surface area contributed by atoms with E-state index in [0.717, 1.165) is 4.90 Å². The monoisotopic (exact) mass is 161 g/mol. The molecule has 0 aromatic heterocycles. The number of thioether (sulfide) groups is 1. The molecule has 0 spiro atoms. The molecule has 1 atom stereocenters. The van der Waals surface area contributed by atoms with Gasteiger partial charge in [0, 0.05) is 5.75 Å². The summed E-state index contributed by atoms with van der Waals surface area (Å²) < 4.78 is 0. The Hall–Kier alpha value is -0.710. The van der Waals surface area contributed by atoms with Crippen LogP contribution in [0.2, 0.25) is 0 Å². The summed E-state index contributed by atoms with van der Waals surface area (Å²) >= 11 is 1.46. The van der Waals surface area contributed by atoms with Crippen molar-refractivity contribution in [2.45, 2.75) is 6.04 Å². The molecular weight excluding hydrogens is 154 g/mol. The average molecular weight is 161 g/mol. The van der Waals surface area contributed by atoms with Gasteiger partial charge in [0.15, 0.2) is 0 Å². The predicted molar refractivity (Wildman–Crippen MR) is 37.0 cm³/mol. The van der Waals surface area contributed by atoms with Crippen molar-refractivity contribution in [3.05, 3.63) is 0 Å². The van der Waals surface area contributed by atoms with E-state index in [4.69, 9.17) is 5.11 Å². The number of hydrogen-bond acceptors (Lipinski definition) is 3. The molecule has 5 heteroatoms. The average Bonchev–Trinajstić information content (AvgIpc) is 2.33. The molecule has 1 saturated heterocycles. The molecule has 0 radical (unpaired) electrons. The molecule has 0 saturated carbocycles. The van der Waals surface area contributed by atoms with E-state index in [1.165, 1.54) is 11.8 Å². The number of amides is 1. The number of nitrogens with zero attached hydrogens (tertiary/aromatic N) is 1. The summed E-state index contributed by atoms with van der Waals surface area (Å²) in [4.78, 5) is 21.7. The summed E-state index contributed by atoms with van der Waals surface area (Å²) in [6.45, 7) is 0. The SMILES string of the molecule is O=CC1CSCN1C(=O)O. The highest BCUT2D eigenvalue weighted by atomic mass is 32.2. The molecule has 1 unspecified atom stereocenters. The van der Waals surface area contributed by atoms with Crippen molar-refractivity contribution in [2.24, 2.45) is 0 Å². The molecular formula is C5H7NO3S. The fraction of sp³-hybridized carbons (Fsp3) is 0.600. The number of carbonyl (C=O) groups excluding carboxylic acids is 1. The van der Waals surface area contributed by atoms with Gasteiger partial charge < -0.3 is 9.90 Å². The van der Waals surface area contributed by atoms with Crippen molar-refractivity contribution in [3.63, 3.8) is 0 Å². The van der Waals surface area contributed by atoms with Crippen molar-refractivity contribution in [1.82, 2.24) is 4.90 Å². The molecule has 1 fully saturated rings. The third-order valence-electron chi connectivity index (χ3n) is 1.32. The molecule has 4 nitrogen and oxygen atoms in total. The van der Waals surface area contributed by atoms with E-state index in [2.05, 4.69) is 0 Å². The van der Waals surface area contributed by atoms with Crippen LogP contribution in [0.3, 0.4) is 0 Å². The Morgan fingerprint density at radius 3 is 2.90 bits per heavy atom. The number of hydrogen-bond donors (Lipinski definition) is 1. The van der Waals surface area contributed by atoms with Gasteiger partial charge in [-0.2, -0.15) is 0 Å². The maximum atomic E-state index is 10.3. The minimum atomic E-state index is -1.01. The van der Waals surface area contributed by atoms with Gasteiger partial charge in [0.1, 0.15) is 12.3 Å². The van der Waals surface area contributed by atoms with Crippen LogP contribution in [-0.4, -0.2) is 40.1 Å². The van der Waals surface area contributed by atoms with Crippen molar-refractivity contribution in [2.75, 3.05) is 11.6 Å². The summed E-state index contributed by atoms with van der Waals surface area (Å²) in [7, 11) is 0. The quantitative estimate of drug-likeness (QED) is 0.559. The lowest BCUT2D eigenvalue weighted by Gasteiger charge is -2.13. The number of aldehydes is 1. The minimum absolute atomic E-state index is 0.415. The van der Waals surface area contributed by atoms with Gasteiger partial charge in [-0.15, -0.1) is 11.8 Å². The summed E-state index contributed by atoms with van der Waals surface area (Å²) in [5.74, 6) is 1.01. The Morgan fingerprint density at radius 1 is 1.80 bits per heavy atom. The van der Waals surface area contributed by atoms with Crippen LogP contribution in [0.15, 0.2) is 0 Å². The number of carboxylic acid groups (broad SMARTS) is 1. The van der Waals surface area contributed by atoms with Gasteiger partial charge in [-0.3, -0.25) is 4.90 Å². The molecule has 1 amide bonds. The Morgan fingerprint density at radius 2 is 2.50 bits per heavy atom. The van der Waals surface area contributed by atoms with Crippen molar-refractivity contribution in [3.8, 4) is 0 Å². The first-order valence-corrected chi connectivity index (χ1v) is 3.94. The van der Waals surface area contributed by atoms with Crippen LogP contribution >= 0.6 is 11.8 Å². The van der Waals surface area contributed by atoms with Crippen molar-refractivity contribution < 1.29 is 14.7 Å². The number of carbonyl (C=O) groups is 2. The van der Waals surface area contributed by atoms with E-state index in [1.54, 1.807) is 0 Å². The summed E-state index contributed by atoms with van der Waals surface area (Å²) in [6, 6.07) is -0.428. The van der Waals surface area contributed by atoms with Crippen LogP contribution in [0.1, 0.15) is 0 Å². The van der Waals surface area contributed by atoms with Crippen LogP contribution in [-0.2, 0) is 4.79 Å². The van der Waals surface area contributed by atoms with E-state index in [1.807, 2.05) is 0 Å². The molecule has 0 aromatic carbocycles. The van der Waals surface area contributed by atoms with E-state index >= 15 is 0 Å². The maximum absolute atomic E-state index is 10.3. The highest BCUT2D eigenvalue weighted by molar-refractivity contribution is 7.99. The molecule has 0 aliphatic carbocycles. The number of rotatable bonds is 1. The van der Waals surface area contributed by atoms with Gasteiger partial charge in [-0.1, -0.05) is 0 Å². The van der Waals surface area contributed by atoms with Crippen LogP contribution in [0.5, 0.6) is 0 Å². The normalized spacial score (nSPS) is 24.8. The first-order valence-electron chi connectivity index (χ1n) is 2.78. The lowest BCUT2D eigenvalue weighted by Crippen LogP contribution is -2.36. The van der Waals surface area contributed by atoms with Gasteiger partial charge in [0.2, 0.25) is 0 Å². The van der Waals surface area contributed by atoms with Gasteiger partial charge in [0.25, 0.3) is 0 Å². The molecule has 0 bridgehead atoms. The van der Waals surface area contributed by atoms with Gasteiger partial charge in [-0.05, 0) is 0 Å². The van der Waals surface area contributed by atoms with E-state index in [-0.39, 0.29) is 0 Å². The summed E-state index contributed by atoms with van der Waals surface area (Å²) in [5.41, 5.74) is 0. The molecule has 1 heterocycles. The summed E-state index contributed by atoms with van der Waals surface area (Å²) in [6.07, 6.45) is -0.337. The molecule has 1 N–H and O–H groups in total. The molecule has 10 heavy (non-hydrogen) atoms. The second-order valence-corrected chi connectivity index (χ2v) is 2.96. The zero-order chi connectivity index (χ0) is 7.56.